The lowest BCUT2D eigenvalue weighted by atomic mass is 10.2. The monoisotopic (exact) mass is 392 g/mol. The van der Waals surface area contributed by atoms with Crippen LogP contribution >= 0.6 is 27.7 Å². The van der Waals surface area contributed by atoms with Crippen molar-refractivity contribution in [2.75, 3.05) is 5.75 Å². The van der Waals surface area contributed by atoms with Crippen LogP contribution in [-0.4, -0.2) is 17.7 Å². The largest absolute Gasteiger partial charge is 0.334 e. The highest BCUT2D eigenvalue weighted by molar-refractivity contribution is 9.10. The number of halogens is 1. The molecule has 0 saturated heterocycles. The fourth-order valence-corrected chi connectivity index (χ4v) is 3.29. The minimum Gasteiger partial charge on any atom is -0.334 e. The summed E-state index contributed by atoms with van der Waals surface area (Å²) >= 11 is 4.98. The maximum atomic E-state index is 11.7. The molecule has 0 fully saturated rings. The van der Waals surface area contributed by atoms with Gasteiger partial charge in [-0.1, -0.05) is 52.3 Å². The fraction of sp³-hybridized carbons (Fsp3) is 0.176. The zero-order chi connectivity index (χ0) is 16.5. The van der Waals surface area contributed by atoms with Crippen molar-refractivity contribution in [2.24, 2.45) is 0 Å². The molecule has 2 N–H and O–H groups in total. The molecule has 2 aromatic rings. The molecular formula is C17H17BrN2O2S. The zero-order valence-corrected chi connectivity index (χ0v) is 14.8. The molecule has 0 saturated carbocycles. The summed E-state index contributed by atoms with van der Waals surface area (Å²) in [6.07, 6.45) is 0.288. The molecule has 0 radical (unpaired) electrons. The molecule has 6 heteroatoms. The minimum absolute atomic E-state index is 0.280. The first kappa shape index (κ1) is 17.6. The molecule has 23 heavy (non-hydrogen) atoms. The van der Waals surface area contributed by atoms with Gasteiger partial charge in [-0.15, -0.1) is 11.8 Å². The second kappa shape index (κ2) is 9.37. The van der Waals surface area contributed by atoms with Gasteiger partial charge < -0.3 is 5.32 Å². The molecule has 0 unspecified atom stereocenters. The van der Waals surface area contributed by atoms with Crippen LogP contribution in [0.1, 0.15) is 12.0 Å². The van der Waals surface area contributed by atoms with Gasteiger partial charge in [-0.3, -0.25) is 10.1 Å². The fourth-order valence-electron chi connectivity index (χ4n) is 1.83. The molecule has 0 spiro atoms. The first-order valence-electron chi connectivity index (χ1n) is 7.13. The van der Waals surface area contributed by atoms with Gasteiger partial charge in [-0.05, 0) is 23.8 Å². The van der Waals surface area contributed by atoms with E-state index in [1.807, 2.05) is 54.6 Å². The van der Waals surface area contributed by atoms with E-state index >= 15 is 0 Å². The van der Waals surface area contributed by atoms with E-state index in [0.717, 1.165) is 14.9 Å². The summed E-state index contributed by atoms with van der Waals surface area (Å²) in [5, 5.41) is 5.00. The average molecular weight is 393 g/mol. The van der Waals surface area contributed by atoms with Crippen molar-refractivity contribution in [3.05, 3.63) is 64.6 Å². The molecule has 0 atom stereocenters. The lowest BCUT2D eigenvalue weighted by Crippen LogP contribution is -2.39. The van der Waals surface area contributed by atoms with Gasteiger partial charge in [0.15, 0.2) is 0 Å². The summed E-state index contributed by atoms with van der Waals surface area (Å²) in [7, 11) is 0. The topological polar surface area (TPSA) is 58.2 Å². The first-order chi connectivity index (χ1) is 11.1. The summed E-state index contributed by atoms with van der Waals surface area (Å²) in [4.78, 5) is 24.5. The third-order valence-corrected chi connectivity index (χ3v) is 4.43. The Morgan fingerprint density at radius 3 is 2.57 bits per heavy atom. The Balaban J connectivity index is 1.65. The molecule has 2 rings (SSSR count). The standard InChI is InChI=1S/C17H17BrN2O2S/c18-14-7-4-8-15(11-14)23-10-9-16(21)20-17(22)19-12-13-5-2-1-3-6-13/h1-8,11H,9-10,12H2,(H2,19,20,21,22). The number of nitrogens with one attached hydrogen (secondary N) is 2. The molecule has 0 aliphatic rings. The van der Waals surface area contributed by atoms with Crippen molar-refractivity contribution < 1.29 is 9.59 Å². The van der Waals surface area contributed by atoms with Gasteiger partial charge in [0.2, 0.25) is 5.91 Å². The van der Waals surface area contributed by atoms with Gasteiger partial charge in [-0.2, -0.15) is 0 Å². The van der Waals surface area contributed by atoms with E-state index in [1.165, 1.54) is 0 Å². The maximum Gasteiger partial charge on any atom is 0.321 e. The van der Waals surface area contributed by atoms with Crippen LogP contribution in [0, 0.1) is 0 Å². The highest BCUT2D eigenvalue weighted by Gasteiger charge is 2.07. The summed E-state index contributed by atoms with van der Waals surface area (Å²) in [6.45, 7) is 0.396. The summed E-state index contributed by atoms with van der Waals surface area (Å²) in [5.74, 6) is 0.340. The maximum absolute atomic E-state index is 11.7. The number of imide groups is 1. The summed E-state index contributed by atoms with van der Waals surface area (Å²) < 4.78 is 1.01. The molecule has 0 aromatic heterocycles. The smallest absolute Gasteiger partial charge is 0.321 e. The van der Waals surface area contributed by atoms with Crippen LogP contribution < -0.4 is 10.6 Å². The quantitative estimate of drug-likeness (QED) is 0.731. The third-order valence-electron chi connectivity index (χ3n) is 2.94. The second-order valence-electron chi connectivity index (χ2n) is 4.77. The number of thioether (sulfide) groups is 1. The van der Waals surface area contributed by atoms with Crippen molar-refractivity contribution >= 4 is 39.6 Å². The van der Waals surface area contributed by atoms with E-state index < -0.39 is 6.03 Å². The van der Waals surface area contributed by atoms with Crippen LogP contribution in [0.4, 0.5) is 4.79 Å². The molecule has 0 heterocycles. The van der Waals surface area contributed by atoms with Crippen molar-refractivity contribution in [2.45, 2.75) is 17.9 Å². The van der Waals surface area contributed by atoms with Gasteiger partial charge in [0, 0.05) is 28.1 Å². The van der Waals surface area contributed by atoms with E-state index in [-0.39, 0.29) is 12.3 Å². The Labute approximate surface area is 148 Å². The van der Waals surface area contributed by atoms with Crippen LogP contribution in [0.25, 0.3) is 0 Å². The van der Waals surface area contributed by atoms with Crippen molar-refractivity contribution in [3.63, 3.8) is 0 Å². The molecule has 2 aromatic carbocycles. The Morgan fingerprint density at radius 1 is 1.04 bits per heavy atom. The van der Waals surface area contributed by atoms with Crippen molar-refractivity contribution in [3.8, 4) is 0 Å². The molecule has 0 aliphatic heterocycles. The predicted octanol–water partition coefficient (Wildman–Crippen LogP) is 3.96. The first-order valence-corrected chi connectivity index (χ1v) is 8.91. The number of hydrogen-bond donors (Lipinski definition) is 2. The lowest BCUT2D eigenvalue weighted by Gasteiger charge is -2.07. The number of carbonyl (C=O) groups excluding carboxylic acids is 2. The van der Waals surface area contributed by atoms with Crippen LogP contribution in [0.15, 0.2) is 64.0 Å². The predicted molar refractivity (Wildman–Crippen MR) is 96.3 cm³/mol. The Kier molecular flexibility index (Phi) is 7.16. The van der Waals surface area contributed by atoms with Crippen LogP contribution in [0.3, 0.4) is 0 Å². The molecule has 0 aliphatic carbocycles. The van der Waals surface area contributed by atoms with E-state index in [1.54, 1.807) is 11.8 Å². The normalized spacial score (nSPS) is 10.1. The van der Waals surface area contributed by atoms with Gasteiger partial charge in [0.25, 0.3) is 0 Å². The van der Waals surface area contributed by atoms with Gasteiger partial charge in [-0.25, -0.2) is 4.79 Å². The Bertz CT molecular complexity index is 665. The molecular weight excluding hydrogens is 376 g/mol. The minimum atomic E-state index is -0.466. The average Bonchev–Trinajstić information content (AvgIpc) is 2.54. The van der Waals surface area contributed by atoms with Crippen LogP contribution in [0.5, 0.6) is 0 Å². The number of amides is 3. The highest BCUT2D eigenvalue weighted by Crippen LogP contribution is 2.22. The van der Waals surface area contributed by atoms with Gasteiger partial charge in [0.1, 0.15) is 0 Å². The highest BCUT2D eigenvalue weighted by atomic mass is 79.9. The second-order valence-corrected chi connectivity index (χ2v) is 6.86. The Hall–Kier alpha value is -1.79. The zero-order valence-electron chi connectivity index (χ0n) is 12.4. The van der Waals surface area contributed by atoms with Crippen LogP contribution in [-0.2, 0) is 11.3 Å². The number of benzene rings is 2. The SMILES string of the molecule is O=C(CCSc1cccc(Br)c1)NC(=O)NCc1ccccc1. The van der Waals surface area contributed by atoms with Crippen molar-refractivity contribution in [1.29, 1.82) is 0 Å². The molecule has 0 bridgehead atoms. The number of carbonyl (C=O) groups is 2. The van der Waals surface area contributed by atoms with Crippen molar-refractivity contribution in [1.82, 2.24) is 10.6 Å². The van der Waals surface area contributed by atoms with Gasteiger partial charge >= 0.3 is 6.03 Å². The lowest BCUT2D eigenvalue weighted by molar-refractivity contribution is -0.119. The van der Waals surface area contributed by atoms with E-state index in [9.17, 15) is 9.59 Å². The molecule has 120 valence electrons. The van der Waals surface area contributed by atoms with Gasteiger partial charge in [0.05, 0.1) is 0 Å². The molecule has 3 amide bonds. The number of urea groups is 1. The number of rotatable bonds is 6. The van der Waals surface area contributed by atoms with E-state index in [2.05, 4.69) is 26.6 Å². The third kappa shape index (κ3) is 6.88. The van der Waals surface area contributed by atoms with E-state index in [0.29, 0.717) is 12.3 Å². The molecule has 4 nitrogen and oxygen atoms in total. The number of hydrogen-bond acceptors (Lipinski definition) is 3. The van der Waals surface area contributed by atoms with Crippen LogP contribution in [0.2, 0.25) is 0 Å². The Morgan fingerprint density at radius 2 is 1.83 bits per heavy atom. The summed E-state index contributed by atoms with van der Waals surface area (Å²) in [6, 6.07) is 17.0. The van der Waals surface area contributed by atoms with E-state index in [4.69, 9.17) is 0 Å². The summed E-state index contributed by atoms with van der Waals surface area (Å²) in [5.41, 5.74) is 0.986.